The summed E-state index contributed by atoms with van der Waals surface area (Å²) in [5.74, 6) is 1.40. The first-order valence-corrected chi connectivity index (χ1v) is 9.66. The van der Waals surface area contributed by atoms with Crippen LogP contribution in [0.3, 0.4) is 0 Å². The van der Waals surface area contributed by atoms with Gasteiger partial charge in [-0.2, -0.15) is 13.2 Å². The molecule has 1 aliphatic heterocycles. The number of nitrogens with one attached hydrogen (secondary N) is 1. The summed E-state index contributed by atoms with van der Waals surface area (Å²) in [6.45, 7) is 2.80. The van der Waals surface area contributed by atoms with E-state index < -0.39 is 11.7 Å². The zero-order valence-corrected chi connectivity index (χ0v) is 15.7. The Balaban J connectivity index is 1.55. The van der Waals surface area contributed by atoms with Gasteiger partial charge in [0.15, 0.2) is 0 Å². The van der Waals surface area contributed by atoms with E-state index in [1.165, 1.54) is 0 Å². The topological polar surface area (TPSA) is 46.4 Å². The number of fused-ring (bicyclic) bond motifs is 1. The predicted octanol–water partition coefficient (Wildman–Crippen LogP) is 3.89. The van der Waals surface area contributed by atoms with Gasteiger partial charge in [0, 0.05) is 13.0 Å². The Hall–Kier alpha value is -2.13. The number of nitrogens with zero attached hydrogens (tertiary/aromatic N) is 4. The van der Waals surface area contributed by atoms with Crippen LogP contribution in [-0.4, -0.2) is 36.1 Å². The fourth-order valence-corrected chi connectivity index (χ4v) is 4.27. The second-order valence-electron chi connectivity index (χ2n) is 6.25. The average molecular weight is 415 g/mol. The lowest BCUT2D eigenvalue weighted by Crippen LogP contribution is -2.34. The maximum atomic E-state index is 12.8. The lowest BCUT2D eigenvalue weighted by molar-refractivity contribution is -0.367. The van der Waals surface area contributed by atoms with Crippen LogP contribution in [0, 0.1) is 0 Å². The van der Waals surface area contributed by atoms with Crippen molar-refractivity contribution in [2.45, 2.75) is 12.6 Å². The van der Waals surface area contributed by atoms with Gasteiger partial charge in [0.1, 0.15) is 34.7 Å². The van der Waals surface area contributed by atoms with Gasteiger partial charge < -0.3 is 4.90 Å². The van der Waals surface area contributed by atoms with Crippen LogP contribution in [-0.2, 0) is 6.18 Å². The van der Waals surface area contributed by atoms with Crippen LogP contribution in [0.15, 0.2) is 30.0 Å². The molecule has 3 aromatic rings. The molecule has 0 aliphatic carbocycles. The summed E-state index contributed by atoms with van der Waals surface area (Å²) in [6.07, 6.45) is -1.06. The van der Waals surface area contributed by atoms with Crippen molar-refractivity contribution < 1.29 is 18.2 Å². The van der Waals surface area contributed by atoms with Crippen LogP contribution in [0.25, 0.3) is 10.2 Å². The number of thiophene rings is 1. The van der Waals surface area contributed by atoms with E-state index in [4.69, 9.17) is 11.6 Å². The number of aromatic nitrogens is 3. The van der Waals surface area contributed by atoms with E-state index in [9.17, 15) is 13.2 Å². The quantitative estimate of drug-likeness (QED) is 0.638. The fourth-order valence-electron chi connectivity index (χ4n) is 3.25. The molecule has 0 amide bonds. The van der Waals surface area contributed by atoms with Crippen LogP contribution >= 0.6 is 22.9 Å². The molecule has 0 aromatic carbocycles. The summed E-state index contributed by atoms with van der Waals surface area (Å²) >= 11 is 7.70. The van der Waals surface area contributed by atoms with Crippen molar-refractivity contribution in [3.8, 4) is 0 Å². The third-order valence-electron chi connectivity index (χ3n) is 4.55. The van der Waals surface area contributed by atoms with E-state index in [1.54, 1.807) is 17.7 Å². The Morgan fingerprint density at radius 3 is 2.67 bits per heavy atom. The summed E-state index contributed by atoms with van der Waals surface area (Å²) in [7, 11) is 0. The molecule has 5 nitrogen and oxygen atoms in total. The second-order valence-corrected chi connectivity index (χ2v) is 7.55. The summed E-state index contributed by atoms with van der Waals surface area (Å²) in [5.41, 5.74) is -0.784. The molecule has 1 saturated heterocycles. The molecule has 10 heteroatoms. The molecule has 142 valence electrons. The Morgan fingerprint density at radius 2 is 1.89 bits per heavy atom. The van der Waals surface area contributed by atoms with Crippen molar-refractivity contribution in [2.24, 2.45) is 0 Å². The Kier molecular flexibility index (Phi) is 4.81. The van der Waals surface area contributed by atoms with E-state index in [2.05, 4.69) is 19.9 Å². The van der Waals surface area contributed by atoms with E-state index in [1.807, 2.05) is 16.3 Å². The number of aromatic amines is 1. The van der Waals surface area contributed by atoms with Gasteiger partial charge in [-0.1, -0.05) is 11.6 Å². The first kappa shape index (κ1) is 18.2. The highest BCUT2D eigenvalue weighted by Crippen LogP contribution is 2.33. The van der Waals surface area contributed by atoms with Gasteiger partial charge in [-0.3, -0.25) is 4.90 Å². The Bertz CT molecular complexity index is 961. The fraction of sp³-hybridized carbons (Fsp3) is 0.353. The number of halogens is 4. The summed E-state index contributed by atoms with van der Waals surface area (Å²) < 4.78 is 38.5. The number of rotatable bonds is 2. The van der Waals surface area contributed by atoms with Crippen molar-refractivity contribution in [1.82, 2.24) is 9.97 Å². The lowest BCUT2D eigenvalue weighted by Gasteiger charge is -2.21. The van der Waals surface area contributed by atoms with Crippen molar-refractivity contribution in [3.63, 3.8) is 0 Å². The van der Waals surface area contributed by atoms with Crippen LogP contribution < -0.4 is 14.8 Å². The molecule has 27 heavy (non-hydrogen) atoms. The van der Waals surface area contributed by atoms with Crippen molar-refractivity contribution in [2.75, 3.05) is 36.0 Å². The highest BCUT2D eigenvalue weighted by Gasteiger charge is 2.34. The van der Waals surface area contributed by atoms with E-state index >= 15 is 0 Å². The number of anilines is 2. The third-order valence-corrected chi connectivity index (χ3v) is 5.66. The lowest BCUT2D eigenvalue weighted by atomic mass is 10.2. The Labute approximate surface area is 162 Å². The average Bonchev–Trinajstić information content (AvgIpc) is 2.98. The van der Waals surface area contributed by atoms with Crippen LogP contribution in [0.2, 0.25) is 5.02 Å². The highest BCUT2D eigenvalue weighted by molar-refractivity contribution is 7.16. The predicted molar refractivity (Wildman–Crippen MR) is 99.5 cm³/mol. The molecule has 0 radical (unpaired) electrons. The molecule has 1 aliphatic rings. The molecule has 4 heterocycles. The van der Waals surface area contributed by atoms with E-state index in [-0.39, 0.29) is 5.02 Å². The molecule has 1 fully saturated rings. The monoisotopic (exact) mass is 414 g/mol. The van der Waals surface area contributed by atoms with Gasteiger partial charge in [0.05, 0.1) is 24.0 Å². The molecule has 0 unspecified atom stereocenters. The minimum Gasteiger partial charge on any atom is -0.352 e. The highest BCUT2D eigenvalue weighted by atomic mass is 35.5. The first-order valence-electron chi connectivity index (χ1n) is 8.40. The minimum absolute atomic E-state index is 0.0699. The zero-order chi connectivity index (χ0) is 19.0. The van der Waals surface area contributed by atoms with Gasteiger partial charge in [0.25, 0.3) is 5.82 Å². The van der Waals surface area contributed by atoms with Crippen LogP contribution in [0.5, 0.6) is 0 Å². The second kappa shape index (κ2) is 7.12. The summed E-state index contributed by atoms with van der Waals surface area (Å²) in [5, 5.41) is 3.08. The number of pyridine rings is 1. The number of hydrogen-bond acceptors (Lipinski definition) is 5. The first-order chi connectivity index (χ1) is 12.9. The van der Waals surface area contributed by atoms with Gasteiger partial charge in [0.2, 0.25) is 0 Å². The molecular formula is C17H16ClF3N5S+. The van der Waals surface area contributed by atoms with Gasteiger partial charge >= 0.3 is 6.18 Å². The van der Waals surface area contributed by atoms with E-state index in [0.29, 0.717) is 25.5 Å². The largest absolute Gasteiger partial charge is 0.419 e. The zero-order valence-electron chi connectivity index (χ0n) is 14.1. The van der Waals surface area contributed by atoms with Gasteiger partial charge in [-0.05, 0) is 17.5 Å². The molecule has 4 rings (SSSR count). The molecule has 3 aromatic heterocycles. The number of hydrogen-bond donors (Lipinski definition) is 0. The van der Waals surface area contributed by atoms with Crippen molar-refractivity contribution in [1.29, 1.82) is 0 Å². The van der Waals surface area contributed by atoms with Gasteiger partial charge in [-0.25, -0.2) is 15.0 Å². The number of H-pyrrole nitrogens is 1. The van der Waals surface area contributed by atoms with E-state index in [0.717, 1.165) is 41.3 Å². The molecule has 1 N–H and O–H groups in total. The standard InChI is InChI=1S/C17H15ClF3N5S/c18-13-8-11(17(19,20)21)9-22-15(13)26-4-1-3-25(5-6-26)14-12-2-7-27-16(12)24-10-23-14/h2,7-10H,1,3-6H2/p+1. The normalized spacial score (nSPS) is 16.0. The maximum Gasteiger partial charge on any atom is 0.419 e. The Morgan fingerprint density at radius 1 is 1.11 bits per heavy atom. The molecule has 0 bridgehead atoms. The van der Waals surface area contributed by atoms with Crippen molar-refractivity contribution >= 4 is 44.8 Å². The summed E-state index contributed by atoms with van der Waals surface area (Å²) in [4.78, 5) is 16.6. The number of alkyl halides is 3. The third kappa shape index (κ3) is 3.66. The SMILES string of the molecule is FC(F)(F)c1c[nH+]c(N2CCCN(c3ncnc4sccc34)CC2)c(Cl)c1. The molecule has 0 spiro atoms. The van der Waals surface area contributed by atoms with Crippen LogP contribution in [0.1, 0.15) is 12.0 Å². The summed E-state index contributed by atoms with van der Waals surface area (Å²) in [6, 6.07) is 2.98. The van der Waals surface area contributed by atoms with Crippen LogP contribution in [0.4, 0.5) is 24.8 Å². The van der Waals surface area contributed by atoms with Gasteiger partial charge in [-0.15, -0.1) is 11.3 Å². The van der Waals surface area contributed by atoms with Crippen molar-refractivity contribution in [3.05, 3.63) is 40.6 Å². The molecule has 0 saturated carbocycles. The molecule has 0 atom stereocenters. The maximum absolute atomic E-state index is 12.8. The minimum atomic E-state index is -4.42. The smallest absolute Gasteiger partial charge is 0.352 e. The molecular weight excluding hydrogens is 399 g/mol.